The SMILES string of the molecule is CC(NC(=O)C(Cc1c[nH]c2ccccc12)NC(=O)C(N)CCCCN)C(=O)NC(CCCCN)C(=O)O. The maximum Gasteiger partial charge on any atom is 0.326 e. The first kappa shape index (κ1) is 30.7. The van der Waals surface area contributed by atoms with Crippen molar-refractivity contribution in [1.29, 1.82) is 0 Å². The molecule has 11 N–H and O–H groups in total. The van der Waals surface area contributed by atoms with Gasteiger partial charge in [0.15, 0.2) is 0 Å². The lowest BCUT2D eigenvalue weighted by Crippen LogP contribution is -2.56. The minimum atomic E-state index is -1.16. The summed E-state index contributed by atoms with van der Waals surface area (Å²) in [6.07, 6.45) is 5.15. The molecule has 0 saturated heterocycles. The molecule has 4 unspecified atom stereocenters. The van der Waals surface area contributed by atoms with Gasteiger partial charge < -0.3 is 43.2 Å². The standard InChI is InChI=1S/C26H41N7O5/c1-16(23(34)32-21(26(37)38)11-5-7-13-28)31-25(36)22(33-24(35)19(29)9-4-6-12-27)14-17-15-30-20-10-3-2-8-18(17)20/h2-3,8,10,15-16,19,21-22,30H,4-7,9,11-14,27-29H2,1H3,(H,31,36)(H,32,34)(H,33,35)(H,37,38). The third kappa shape index (κ3) is 9.43. The smallest absolute Gasteiger partial charge is 0.326 e. The third-order valence-electron chi connectivity index (χ3n) is 6.35. The Kier molecular flexibility index (Phi) is 12.7. The second-order valence-corrected chi connectivity index (χ2v) is 9.43. The number of aliphatic carboxylic acids is 1. The first-order valence-corrected chi connectivity index (χ1v) is 13.0. The quantitative estimate of drug-likeness (QED) is 0.128. The molecule has 4 atom stereocenters. The highest BCUT2D eigenvalue weighted by molar-refractivity contribution is 5.94. The molecule has 2 rings (SSSR count). The molecule has 1 heterocycles. The second kappa shape index (κ2) is 15.7. The van der Waals surface area contributed by atoms with Crippen LogP contribution in [0.1, 0.15) is 51.0 Å². The molecule has 12 nitrogen and oxygen atoms in total. The van der Waals surface area contributed by atoms with E-state index in [1.54, 1.807) is 6.20 Å². The van der Waals surface area contributed by atoms with Gasteiger partial charge in [-0.3, -0.25) is 14.4 Å². The fourth-order valence-corrected chi connectivity index (χ4v) is 4.07. The van der Waals surface area contributed by atoms with Crippen LogP contribution in [0.25, 0.3) is 10.9 Å². The number of hydrogen-bond acceptors (Lipinski definition) is 7. The monoisotopic (exact) mass is 531 g/mol. The van der Waals surface area contributed by atoms with E-state index in [0.29, 0.717) is 38.8 Å². The normalized spacial score (nSPS) is 14.3. The number of hydrogen-bond donors (Lipinski definition) is 8. The molecule has 0 spiro atoms. The van der Waals surface area contributed by atoms with Crippen molar-refractivity contribution in [2.45, 2.75) is 76.0 Å². The minimum Gasteiger partial charge on any atom is -0.480 e. The van der Waals surface area contributed by atoms with Crippen molar-refractivity contribution in [3.63, 3.8) is 0 Å². The first-order chi connectivity index (χ1) is 18.2. The van der Waals surface area contributed by atoms with Gasteiger partial charge in [0, 0.05) is 23.5 Å². The number of benzene rings is 1. The van der Waals surface area contributed by atoms with Gasteiger partial charge >= 0.3 is 5.97 Å². The maximum atomic E-state index is 13.3. The molecular formula is C26H41N7O5. The molecule has 210 valence electrons. The zero-order valence-corrected chi connectivity index (χ0v) is 21.9. The number of nitrogens with one attached hydrogen (secondary N) is 4. The van der Waals surface area contributed by atoms with Crippen molar-refractivity contribution in [3.8, 4) is 0 Å². The number of carboxylic acids is 1. The molecule has 0 fully saturated rings. The van der Waals surface area contributed by atoms with Gasteiger partial charge in [0.05, 0.1) is 6.04 Å². The number of aromatic amines is 1. The number of carbonyl (C=O) groups is 4. The molecular weight excluding hydrogens is 490 g/mol. The van der Waals surface area contributed by atoms with Crippen LogP contribution in [0.4, 0.5) is 0 Å². The molecule has 0 aliphatic carbocycles. The van der Waals surface area contributed by atoms with Crippen LogP contribution in [0.2, 0.25) is 0 Å². The number of fused-ring (bicyclic) bond motifs is 1. The van der Waals surface area contributed by atoms with Crippen molar-refractivity contribution in [2.24, 2.45) is 17.2 Å². The van der Waals surface area contributed by atoms with Gasteiger partial charge in [-0.2, -0.15) is 0 Å². The maximum absolute atomic E-state index is 13.3. The summed E-state index contributed by atoms with van der Waals surface area (Å²) in [6.45, 7) is 2.37. The van der Waals surface area contributed by atoms with Crippen molar-refractivity contribution >= 4 is 34.6 Å². The molecule has 0 bridgehead atoms. The Bertz CT molecular complexity index is 1070. The van der Waals surface area contributed by atoms with E-state index < -0.39 is 47.9 Å². The van der Waals surface area contributed by atoms with Crippen LogP contribution in [0.15, 0.2) is 30.5 Å². The number of para-hydroxylation sites is 1. The fraction of sp³-hybridized carbons (Fsp3) is 0.538. The fourth-order valence-electron chi connectivity index (χ4n) is 4.07. The Labute approximate surface area is 222 Å². The Morgan fingerprint density at radius 2 is 1.50 bits per heavy atom. The van der Waals surface area contributed by atoms with Crippen LogP contribution >= 0.6 is 0 Å². The highest BCUT2D eigenvalue weighted by atomic mass is 16.4. The molecule has 1 aromatic heterocycles. The van der Waals surface area contributed by atoms with Crippen LogP contribution in [0, 0.1) is 0 Å². The summed E-state index contributed by atoms with van der Waals surface area (Å²) in [5.74, 6) is -2.88. The van der Waals surface area contributed by atoms with Crippen molar-refractivity contribution in [1.82, 2.24) is 20.9 Å². The zero-order chi connectivity index (χ0) is 28.1. The van der Waals surface area contributed by atoms with E-state index in [1.165, 1.54) is 6.92 Å². The number of H-pyrrole nitrogens is 1. The van der Waals surface area contributed by atoms with Crippen LogP contribution in [-0.2, 0) is 25.6 Å². The van der Waals surface area contributed by atoms with Crippen LogP contribution in [0.5, 0.6) is 0 Å². The van der Waals surface area contributed by atoms with E-state index in [4.69, 9.17) is 17.2 Å². The predicted molar refractivity (Wildman–Crippen MR) is 145 cm³/mol. The van der Waals surface area contributed by atoms with Gasteiger partial charge in [0.25, 0.3) is 0 Å². The van der Waals surface area contributed by atoms with E-state index in [0.717, 1.165) is 22.9 Å². The topological polar surface area (TPSA) is 218 Å². The molecule has 0 aliphatic rings. The average Bonchev–Trinajstić information content (AvgIpc) is 3.30. The minimum absolute atomic E-state index is 0.155. The van der Waals surface area contributed by atoms with E-state index in [2.05, 4.69) is 20.9 Å². The Morgan fingerprint density at radius 1 is 0.868 bits per heavy atom. The number of unbranched alkanes of at least 4 members (excludes halogenated alkanes) is 2. The van der Waals surface area contributed by atoms with Gasteiger partial charge in [0.2, 0.25) is 17.7 Å². The summed E-state index contributed by atoms with van der Waals surface area (Å²) in [4.78, 5) is 53.4. The summed E-state index contributed by atoms with van der Waals surface area (Å²) in [5, 5.41) is 18.1. The number of carbonyl (C=O) groups excluding carboxylic acids is 3. The number of rotatable bonds is 17. The van der Waals surface area contributed by atoms with E-state index >= 15 is 0 Å². The van der Waals surface area contributed by atoms with Crippen LogP contribution < -0.4 is 33.2 Å². The lowest BCUT2D eigenvalue weighted by molar-refractivity contribution is -0.142. The number of amides is 3. The number of nitrogens with two attached hydrogens (primary N) is 3. The first-order valence-electron chi connectivity index (χ1n) is 13.0. The van der Waals surface area contributed by atoms with Crippen molar-refractivity contribution in [3.05, 3.63) is 36.0 Å². The van der Waals surface area contributed by atoms with Crippen LogP contribution in [-0.4, -0.2) is 71.0 Å². The summed E-state index contributed by atoms with van der Waals surface area (Å²) in [6, 6.07) is 3.60. The molecule has 3 amide bonds. The lowest BCUT2D eigenvalue weighted by atomic mass is 10.0. The summed E-state index contributed by atoms with van der Waals surface area (Å²) >= 11 is 0. The average molecular weight is 532 g/mol. The number of carboxylic acid groups (broad SMARTS) is 1. The summed E-state index contributed by atoms with van der Waals surface area (Å²) < 4.78 is 0. The van der Waals surface area contributed by atoms with Crippen molar-refractivity contribution in [2.75, 3.05) is 13.1 Å². The largest absolute Gasteiger partial charge is 0.480 e. The summed E-state index contributed by atoms with van der Waals surface area (Å²) in [7, 11) is 0. The number of aromatic nitrogens is 1. The molecule has 0 radical (unpaired) electrons. The predicted octanol–water partition coefficient (Wildman–Crippen LogP) is -0.145. The third-order valence-corrected chi connectivity index (χ3v) is 6.35. The molecule has 0 saturated carbocycles. The summed E-state index contributed by atoms with van der Waals surface area (Å²) in [5.41, 5.74) is 18.7. The van der Waals surface area contributed by atoms with Crippen LogP contribution in [0.3, 0.4) is 0 Å². The van der Waals surface area contributed by atoms with Crippen molar-refractivity contribution < 1.29 is 24.3 Å². The Hall–Kier alpha value is -3.48. The van der Waals surface area contributed by atoms with Gasteiger partial charge in [-0.15, -0.1) is 0 Å². The van der Waals surface area contributed by atoms with Gasteiger partial charge in [-0.1, -0.05) is 24.6 Å². The molecule has 12 heteroatoms. The molecule has 1 aromatic carbocycles. The molecule has 0 aliphatic heterocycles. The van der Waals surface area contributed by atoms with Gasteiger partial charge in [-0.05, 0) is 63.7 Å². The second-order valence-electron chi connectivity index (χ2n) is 9.43. The van der Waals surface area contributed by atoms with E-state index in [9.17, 15) is 24.3 Å². The molecule has 2 aromatic rings. The Balaban J connectivity index is 2.12. The van der Waals surface area contributed by atoms with Gasteiger partial charge in [-0.25, -0.2) is 4.79 Å². The highest BCUT2D eigenvalue weighted by Gasteiger charge is 2.29. The van der Waals surface area contributed by atoms with Gasteiger partial charge in [0.1, 0.15) is 18.1 Å². The highest BCUT2D eigenvalue weighted by Crippen LogP contribution is 2.19. The lowest BCUT2D eigenvalue weighted by Gasteiger charge is -2.23. The zero-order valence-electron chi connectivity index (χ0n) is 21.9. The van der Waals surface area contributed by atoms with E-state index in [-0.39, 0.29) is 12.8 Å². The Morgan fingerprint density at radius 3 is 2.16 bits per heavy atom. The molecule has 38 heavy (non-hydrogen) atoms. The van der Waals surface area contributed by atoms with E-state index in [1.807, 2.05) is 24.3 Å².